The lowest BCUT2D eigenvalue weighted by Crippen LogP contribution is -1.94. The van der Waals surface area contributed by atoms with Crippen LogP contribution < -0.4 is 0 Å². The Bertz CT molecular complexity index is 892. The van der Waals surface area contributed by atoms with Crippen LogP contribution in [-0.4, -0.2) is 4.98 Å². The fraction of sp³-hybridized carbons (Fsp3) is 0.286. The molecular formula is C21H23N. The van der Waals surface area contributed by atoms with E-state index in [2.05, 4.69) is 49.2 Å². The first-order valence-corrected chi connectivity index (χ1v) is 7.70. The SMILES string of the molecule is [2H]C([2H])([2H])C(C)Cc1ccc2c(-c3cc(C)cc(C)c3)nccc2c1. The van der Waals surface area contributed by atoms with Crippen molar-refractivity contribution in [3.8, 4) is 11.3 Å². The van der Waals surface area contributed by atoms with Crippen molar-refractivity contribution in [1.29, 1.82) is 0 Å². The molecule has 1 atom stereocenters. The predicted octanol–water partition coefficient (Wildman–Crippen LogP) is 5.72. The molecule has 0 saturated carbocycles. The van der Waals surface area contributed by atoms with Gasteiger partial charge in [0.15, 0.2) is 0 Å². The summed E-state index contributed by atoms with van der Waals surface area (Å²) in [6, 6.07) is 14.6. The molecule has 1 heterocycles. The summed E-state index contributed by atoms with van der Waals surface area (Å²) in [4.78, 5) is 4.60. The van der Waals surface area contributed by atoms with Crippen molar-refractivity contribution in [3.63, 3.8) is 0 Å². The van der Waals surface area contributed by atoms with E-state index in [0.717, 1.165) is 27.6 Å². The largest absolute Gasteiger partial charge is 0.256 e. The van der Waals surface area contributed by atoms with E-state index in [1.54, 1.807) is 6.92 Å². The zero-order chi connectivity index (χ0) is 18.2. The smallest absolute Gasteiger partial charge is 0.0780 e. The number of nitrogens with zero attached hydrogens (tertiary/aromatic N) is 1. The summed E-state index contributed by atoms with van der Waals surface area (Å²) in [5.74, 6) is -0.356. The highest BCUT2D eigenvalue weighted by atomic mass is 14.7. The molecule has 1 nitrogen and oxygen atoms in total. The zero-order valence-electron chi connectivity index (χ0n) is 16.4. The minimum Gasteiger partial charge on any atom is -0.256 e. The minimum absolute atomic E-state index is 0.356. The van der Waals surface area contributed by atoms with Gasteiger partial charge in [-0.25, -0.2) is 0 Å². The Labute approximate surface area is 137 Å². The van der Waals surface area contributed by atoms with Crippen LogP contribution in [0.25, 0.3) is 22.0 Å². The van der Waals surface area contributed by atoms with Crippen LogP contribution in [0.5, 0.6) is 0 Å². The van der Waals surface area contributed by atoms with E-state index < -0.39 is 6.85 Å². The van der Waals surface area contributed by atoms with E-state index in [1.807, 2.05) is 18.3 Å². The van der Waals surface area contributed by atoms with Crippen molar-refractivity contribution in [2.75, 3.05) is 0 Å². The Kier molecular flexibility index (Phi) is 3.07. The molecule has 0 radical (unpaired) electrons. The maximum absolute atomic E-state index is 7.56. The molecule has 0 aliphatic rings. The molecule has 1 heteroatoms. The molecule has 0 aliphatic carbocycles. The molecule has 2 aromatic carbocycles. The predicted molar refractivity (Wildman–Crippen MR) is 95.2 cm³/mol. The van der Waals surface area contributed by atoms with Crippen LogP contribution >= 0.6 is 0 Å². The number of fused-ring (bicyclic) bond motifs is 1. The van der Waals surface area contributed by atoms with E-state index >= 15 is 0 Å². The average Bonchev–Trinajstić information content (AvgIpc) is 2.52. The Hall–Kier alpha value is -2.15. The van der Waals surface area contributed by atoms with Crippen LogP contribution in [0.4, 0.5) is 0 Å². The molecule has 3 rings (SSSR count). The number of hydrogen-bond donors (Lipinski definition) is 0. The molecule has 1 unspecified atom stereocenters. The van der Waals surface area contributed by atoms with Crippen molar-refractivity contribution in [1.82, 2.24) is 4.98 Å². The third-order valence-electron chi connectivity index (χ3n) is 3.87. The molecule has 0 aliphatic heterocycles. The van der Waals surface area contributed by atoms with Gasteiger partial charge < -0.3 is 0 Å². The van der Waals surface area contributed by atoms with Crippen LogP contribution in [0, 0.1) is 19.8 Å². The quantitative estimate of drug-likeness (QED) is 0.602. The minimum atomic E-state index is -1.92. The van der Waals surface area contributed by atoms with Crippen molar-refractivity contribution in [3.05, 3.63) is 65.4 Å². The molecule has 0 N–H and O–H groups in total. The van der Waals surface area contributed by atoms with Gasteiger partial charge in [0, 0.05) is 21.3 Å². The van der Waals surface area contributed by atoms with Gasteiger partial charge in [-0.05, 0) is 55.3 Å². The van der Waals surface area contributed by atoms with Crippen LogP contribution in [0.1, 0.15) is 34.6 Å². The second-order valence-corrected chi connectivity index (χ2v) is 6.20. The van der Waals surface area contributed by atoms with E-state index in [-0.39, 0.29) is 5.92 Å². The Morgan fingerprint density at radius 1 is 1.05 bits per heavy atom. The zero-order valence-corrected chi connectivity index (χ0v) is 13.4. The van der Waals surface area contributed by atoms with Crippen LogP contribution in [0.15, 0.2) is 48.7 Å². The van der Waals surface area contributed by atoms with E-state index in [4.69, 9.17) is 4.11 Å². The van der Waals surface area contributed by atoms with Gasteiger partial charge in [-0.3, -0.25) is 4.98 Å². The number of aromatic nitrogens is 1. The van der Waals surface area contributed by atoms with Gasteiger partial charge in [0.1, 0.15) is 0 Å². The second-order valence-electron chi connectivity index (χ2n) is 6.20. The first-order valence-electron chi connectivity index (χ1n) is 9.20. The Morgan fingerprint density at radius 2 is 1.82 bits per heavy atom. The summed E-state index contributed by atoms with van der Waals surface area (Å²) in [7, 11) is 0. The highest BCUT2D eigenvalue weighted by Gasteiger charge is 2.08. The third-order valence-corrected chi connectivity index (χ3v) is 3.87. The van der Waals surface area contributed by atoms with Gasteiger partial charge in [0.05, 0.1) is 5.69 Å². The molecule has 0 amide bonds. The molecule has 112 valence electrons. The van der Waals surface area contributed by atoms with Crippen molar-refractivity contribution in [2.24, 2.45) is 5.92 Å². The van der Waals surface area contributed by atoms with Gasteiger partial charge in [-0.1, -0.05) is 49.2 Å². The van der Waals surface area contributed by atoms with Gasteiger partial charge in [-0.15, -0.1) is 0 Å². The fourth-order valence-corrected chi connectivity index (χ4v) is 3.05. The van der Waals surface area contributed by atoms with Crippen molar-refractivity contribution < 1.29 is 4.11 Å². The summed E-state index contributed by atoms with van der Waals surface area (Å²) >= 11 is 0. The lowest BCUT2D eigenvalue weighted by atomic mass is 9.97. The standard InChI is InChI=1S/C21H23N/c1-14(2)9-17-5-6-20-18(13-17)7-8-22-21(20)19-11-15(3)10-16(4)12-19/h5-8,10-14H,9H2,1-4H3/i1D3. The van der Waals surface area contributed by atoms with E-state index in [1.165, 1.54) is 11.1 Å². The monoisotopic (exact) mass is 292 g/mol. The maximum atomic E-state index is 7.56. The Morgan fingerprint density at radius 3 is 2.55 bits per heavy atom. The van der Waals surface area contributed by atoms with Crippen molar-refractivity contribution in [2.45, 2.75) is 34.0 Å². The summed E-state index contributed by atoms with van der Waals surface area (Å²) in [5.41, 5.74) is 5.58. The summed E-state index contributed by atoms with van der Waals surface area (Å²) in [6.07, 6.45) is 2.37. The lowest BCUT2D eigenvalue weighted by molar-refractivity contribution is 0.648. The number of aryl methyl sites for hydroxylation is 2. The molecule has 1 aromatic heterocycles. The maximum Gasteiger partial charge on any atom is 0.0780 e. The fourth-order valence-electron chi connectivity index (χ4n) is 3.05. The molecule has 0 spiro atoms. The molecule has 0 saturated heterocycles. The van der Waals surface area contributed by atoms with Crippen LogP contribution in [-0.2, 0) is 6.42 Å². The van der Waals surface area contributed by atoms with Crippen LogP contribution in [0.2, 0.25) is 0 Å². The normalized spacial score (nSPS) is 15.1. The molecule has 0 bridgehead atoms. The van der Waals surface area contributed by atoms with Gasteiger partial charge in [-0.2, -0.15) is 0 Å². The van der Waals surface area contributed by atoms with E-state index in [9.17, 15) is 0 Å². The first kappa shape index (κ1) is 11.4. The third kappa shape index (κ3) is 3.04. The van der Waals surface area contributed by atoms with E-state index in [0.29, 0.717) is 6.42 Å². The first-order chi connectivity index (χ1) is 11.7. The van der Waals surface area contributed by atoms with Crippen molar-refractivity contribution >= 4 is 10.8 Å². The summed E-state index contributed by atoms with van der Waals surface area (Å²) in [6.45, 7) is 4.05. The second kappa shape index (κ2) is 5.92. The number of benzene rings is 2. The number of pyridine rings is 1. The average molecular weight is 292 g/mol. The Balaban J connectivity index is 2.03. The molecule has 0 fully saturated rings. The van der Waals surface area contributed by atoms with Gasteiger partial charge in [0.25, 0.3) is 0 Å². The lowest BCUT2D eigenvalue weighted by Gasteiger charge is -2.10. The summed E-state index contributed by atoms with van der Waals surface area (Å²) in [5, 5.41) is 2.19. The highest BCUT2D eigenvalue weighted by molar-refractivity contribution is 5.95. The molecule has 3 aromatic rings. The molecule has 22 heavy (non-hydrogen) atoms. The summed E-state index contributed by atoms with van der Waals surface area (Å²) < 4.78 is 22.7. The van der Waals surface area contributed by atoms with Gasteiger partial charge >= 0.3 is 0 Å². The number of rotatable bonds is 3. The topological polar surface area (TPSA) is 12.9 Å². The van der Waals surface area contributed by atoms with Crippen LogP contribution in [0.3, 0.4) is 0 Å². The van der Waals surface area contributed by atoms with Gasteiger partial charge in [0.2, 0.25) is 0 Å². The highest BCUT2D eigenvalue weighted by Crippen LogP contribution is 2.29. The molecular weight excluding hydrogens is 266 g/mol. The number of hydrogen-bond acceptors (Lipinski definition) is 1.